The Hall–Kier alpha value is -3.16. The van der Waals surface area contributed by atoms with Gasteiger partial charge in [-0.15, -0.1) is 0 Å². The summed E-state index contributed by atoms with van der Waals surface area (Å²) in [5.41, 5.74) is 7.46. The Morgan fingerprint density at radius 1 is 1.16 bits per heavy atom. The number of hydrogen-bond acceptors (Lipinski definition) is 4. The van der Waals surface area contributed by atoms with Gasteiger partial charge in [0.25, 0.3) is 5.91 Å². The van der Waals surface area contributed by atoms with E-state index >= 15 is 0 Å². The molecule has 31 heavy (non-hydrogen) atoms. The van der Waals surface area contributed by atoms with Gasteiger partial charge in [-0.25, -0.2) is 5.01 Å². The van der Waals surface area contributed by atoms with E-state index in [0.29, 0.717) is 38.2 Å². The van der Waals surface area contributed by atoms with Crippen molar-refractivity contribution in [2.24, 2.45) is 22.2 Å². The molecule has 0 saturated carbocycles. The summed E-state index contributed by atoms with van der Waals surface area (Å²) in [5.74, 6) is -0.958. The van der Waals surface area contributed by atoms with Crippen molar-refractivity contribution in [2.45, 2.75) is 40.2 Å². The molecule has 164 valence electrons. The Kier molecular flexibility index (Phi) is 5.33. The number of hydrazone groups is 1. The number of benzene rings is 1. The van der Waals surface area contributed by atoms with Gasteiger partial charge in [0.2, 0.25) is 11.8 Å². The van der Waals surface area contributed by atoms with Gasteiger partial charge in [0.05, 0.1) is 12.3 Å². The summed E-state index contributed by atoms with van der Waals surface area (Å²) in [4.78, 5) is 39.5. The second-order valence-electron chi connectivity index (χ2n) is 9.39. The number of piperidine rings is 1. The Bertz CT molecular complexity index is 1070. The molecule has 3 heterocycles. The summed E-state index contributed by atoms with van der Waals surface area (Å²) in [7, 11) is 0. The number of amides is 3. The number of carbonyl (C=O) groups excluding carboxylic acids is 3. The Morgan fingerprint density at radius 3 is 2.48 bits per heavy atom. The lowest BCUT2D eigenvalue weighted by Gasteiger charge is -2.31. The lowest BCUT2D eigenvalue weighted by Crippen LogP contribution is -2.46. The van der Waals surface area contributed by atoms with Crippen LogP contribution in [0.25, 0.3) is 10.9 Å². The Labute approximate surface area is 181 Å². The maximum atomic E-state index is 13.4. The van der Waals surface area contributed by atoms with Crippen LogP contribution in [0, 0.1) is 11.3 Å². The summed E-state index contributed by atoms with van der Waals surface area (Å²) in [6.07, 6.45) is 1.11. The van der Waals surface area contributed by atoms with Crippen molar-refractivity contribution in [3.8, 4) is 0 Å². The van der Waals surface area contributed by atoms with Crippen molar-refractivity contribution in [3.63, 3.8) is 0 Å². The van der Waals surface area contributed by atoms with Crippen molar-refractivity contribution in [3.05, 3.63) is 36.0 Å². The Morgan fingerprint density at radius 2 is 1.84 bits per heavy atom. The molecule has 2 aliphatic heterocycles. The maximum absolute atomic E-state index is 13.4. The molecule has 1 aromatic heterocycles. The lowest BCUT2D eigenvalue weighted by atomic mass is 9.90. The molecule has 1 saturated heterocycles. The normalized spacial score (nSPS) is 18.0. The molecule has 0 bridgehead atoms. The number of hydrogen-bond donors (Lipinski definition) is 1. The third kappa shape index (κ3) is 4.06. The van der Waals surface area contributed by atoms with Crippen LogP contribution < -0.4 is 5.73 Å². The minimum Gasteiger partial charge on any atom is -0.369 e. The van der Waals surface area contributed by atoms with Gasteiger partial charge in [-0.3, -0.25) is 14.4 Å². The van der Waals surface area contributed by atoms with Crippen LogP contribution in [0.15, 0.2) is 35.4 Å². The van der Waals surface area contributed by atoms with E-state index in [4.69, 9.17) is 5.73 Å². The number of fused-ring (bicyclic) bond motifs is 3. The number of rotatable bonds is 3. The van der Waals surface area contributed by atoms with Crippen molar-refractivity contribution in [1.82, 2.24) is 14.5 Å². The van der Waals surface area contributed by atoms with Crippen LogP contribution in [0.1, 0.15) is 44.1 Å². The molecule has 2 N–H and O–H groups in total. The summed E-state index contributed by atoms with van der Waals surface area (Å²) in [5, 5.41) is 6.95. The fraction of sp³-hybridized carbons (Fsp3) is 0.478. The minimum absolute atomic E-state index is 0.124. The highest BCUT2D eigenvalue weighted by atomic mass is 16.2. The van der Waals surface area contributed by atoms with Gasteiger partial charge >= 0.3 is 0 Å². The number of aromatic nitrogens is 1. The number of carbonyl (C=O) groups is 3. The number of likely N-dealkylation sites (tertiary alicyclic amines) is 1. The monoisotopic (exact) mass is 423 g/mol. The van der Waals surface area contributed by atoms with Gasteiger partial charge in [-0.2, -0.15) is 5.10 Å². The van der Waals surface area contributed by atoms with Crippen LogP contribution in [-0.4, -0.2) is 57.5 Å². The summed E-state index contributed by atoms with van der Waals surface area (Å²) in [6.45, 7) is 7.47. The quantitative estimate of drug-likeness (QED) is 0.819. The molecule has 3 amide bonds. The number of primary amides is 1. The van der Waals surface area contributed by atoms with Crippen molar-refractivity contribution >= 4 is 34.3 Å². The third-order valence-corrected chi connectivity index (χ3v) is 6.21. The van der Waals surface area contributed by atoms with Crippen molar-refractivity contribution in [1.29, 1.82) is 0 Å². The van der Waals surface area contributed by atoms with Gasteiger partial charge < -0.3 is 15.2 Å². The molecule has 0 spiro atoms. The second kappa shape index (κ2) is 7.83. The van der Waals surface area contributed by atoms with Crippen LogP contribution in [0.4, 0.5) is 0 Å². The highest BCUT2D eigenvalue weighted by molar-refractivity contribution is 6.03. The number of nitrogens with zero attached hydrogens (tertiary/aromatic N) is 4. The van der Waals surface area contributed by atoms with Crippen LogP contribution in [0.3, 0.4) is 0 Å². The average Bonchev–Trinajstić information content (AvgIpc) is 3.03. The zero-order valence-corrected chi connectivity index (χ0v) is 18.3. The first-order chi connectivity index (χ1) is 14.6. The molecule has 0 unspecified atom stereocenters. The van der Waals surface area contributed by atoms with E-state index in [9.17, 15) is 14.4 Å². The van der Waals surface area contributed by atoms with Gasteiger partial charge in [-0.05, 0) is 25.0 Å². The smallest absolute Gasteiger partial charge is 0.291 e. The predicted molar refractivity (Wildman–Crippen MR) is 118 cm³/mol. The SMILES string of the molecule is CC(C)(C)C1=NN(CC(=O)N2CCC(C(N)=O)CC2)C(=O)c2cc3ccccc3n2C1. The van der Waals surface area contributed by atoms with Crippen LogP contribution in [0.5, 0.6) is 0 Å². The highest BCUT2D eigenvalue weighted by Crippen LogP contribution is 2.28. The zero-order chi connectivity index (χ0) is 22.3. The molecule has 2 aromatic rings. The summed E-state index contributed by atoms with van der Waals surface area (Å²) in [6, 6.07) is 9.75. The fourth-order valence-electron chi connectivity index (χ4n) is 4.20. The minimum atomic E-state index is -0.318. The number of para-hydroxylation sites is 1. The van der Waals surface area contributed by atoms with E-state index in [2.05, 4.69) is 25.9 Å². The first-order valence-corrected chi connectivity index (χ1v) is 10.7. The van der Waals surface area contributed by atoms with Gasteiger partial charge in [0.1, 0.15) is 12.2 Å². The molecule has 1 aromatic carbocycles. The molecular weight excluding hydrogens is 394 g/mol. The van der Waals surface area contributed by atoms with E-state index in [1.165, 1.54) is 5.01 Å². The van der Waals surface area contributed by atoms with Crippen LogP contribution in [-0.2, 0) is 16.1 Å². The largest absolute Gasteiger partial charge is 0.369 e. The molecule has 8 nitrogen and oxygen atoms in total. The number of nitrogens with two attached hydrogens (primary N) is 1. The second-order valence-corrected chi connectivity index (χ2v) is 9.39. The lowest BCUT2D eigenvalue weighted by molar-refractivity contribution is -0.135. The van der Waals surface area contributed by atoms with Crippen LogP contribution in [0.2, 0.25) is 0 Å². The molecular formula is C23H29N5O3. The zero-order valence-electron chi connectivity index (χ0n) is 18.3. The molecule has 2 aliphatic rings. The standard InChI is InChI=1S/C23H29N5O3/c1-23(2,3)19-13-27-17-7-5-4-6-16(17)12-18(27)22(31)28(25-19)14-20(29)26-10-8-15(9-11-26)21(24)30/h4-7,12,15H,8-11,13-14H2,1-3H3,(H2,24,30). The predicted octanol–water partition coefficient (Wildman–Crippen LogP) is 2.22. The molecule has 0 radical (unpaired) electrons. The Balaban J connectivity index is 1.62. The van der Waals surface area contributed by atoms with Crippen LogP contribution >= 0.6 is 0 Å². The first-order valence-electron chi connectivity index (χ1n) is 10.7. The first kappa shape index (κ1) is 21.1. The molecule has 0 atom stereocenters. The topological polar surface area (TPSA) is 101 Å². The van der Waals surface area contributed by atoms with E-state index in [1.54, 1.807) is 4.90 Å². The van der Waals surface area contributed by atoms with E-state index in [-0.39, 0.29) is 35.6 Å². The van der Waals surface area contributed by atoms with E-state index < -0.39 is 0 Å². The molecule has 0 aliphatic carbocycles. The molecule has 4 rings (SSSR count). The van der Waals surface area contributed by atoms with Gasteiger partial charge in [0, 0.05) is 35.3 Å². The maximum Gasteiger partial charge on any atom is 0.291 e. The van der Waals surface area contributed by atoms with Crippen molar-refractivity contribution < 1.29 is 14.4 Å². The molecule has 8 heteroatoms. The van der Waals surface area contributed by atoms with E-state index in [1.807, 2.05) is 34.9 Å². The summed E-state index contributed by atoms with van der Waals surface area (Å²) >= 11 is 0. The van der Waals surface area contributed by atoms with Crippen molar-refractivity contribution in [2.75, 3.05) is 19.6 Å². The highest BCUT2D eigenvalue weighted by Gasteiger charge is 2.33. The van der Waals surface area contributed by atoms with Gasteiger partial charge in [-0.1, -0.05) is 39.0 Å². The fourth-order valence-corrected chi connectivity index (χ4v) is 4.20. The summed E-state index contributed by atoms with van der Waals surface area (Å²) < 4.78 is 1.99. The third-order valence-electron chi connectivity index (χ3n) is 6.21. The average molecular weight is 424 g/mol. The molecule has 1 fully saturated rings. The van der Waals surface area contributed by atoms with Gasteiger partial charge in [0.15, 0.2) is 0 Å². The van der Waals surface area contributed by atoms with E-state index in [0.717, 1.165) is 16.6 Å².